The molecule has 8 aromatic rings. The van der Waals surface area contributed by atoms with Crippen LogP contribution >= 0.6 is 0 Å². The number of pyridine rings is 1. The van der Waals surface area contributed by atoms with Crippen LogP contribution in [0.1, 0.15) is 0 Å². The van der Waals surface area contributed by atoms with Crippen LogP contribution in [0.3, 0.4) is 0 Å². The van der Waals surface area contributed by atoms with Crippen molar-refractivity contribution in [3.05, 3.63) is 133 Å². The van der Waals surface area contributed by atoms with Gasteiger partial charge in [0.15, 0.2) is 0 Å². The molecule has 1 aromatic heterocycles. The molecule has 2 heteroatoms. The van der Waals surface area contributed by atoms with Crippen LogP contribution in [0.15, 0.2) is 133 Å². The number of phenols is 1. The monoisotopic (exact) mass is 497 g/mol. The van der Waals surface area contributed by atoms with Gasteiger partial charge in [-0.15, -0.1) is 0 Å². The third-order valence-electron chi connectivity index (χ3n) is 7.93. The van der Waals surface area contributed by atoms with Crippen molar-refractivity contribution in [3.63, 3.8) is 0 Å². The van der Waals surface area contributed by atoms with Crippen LogP contribution in [0.5, 0.6) is 5.75 Å². The minimum atomic E-state index is 0.197. The summed E-state index contributed by atoms with van der Waals surface area (Å²) in [5.74, 6) is 0.197. The predicted molar refractivity (Wildman–Crippen MR) is 164 cm³/mol. The van der Waals surface area contributed by atoms with Gasteiger partial charge < -0.3 is 5.11 Å². The van der Waals surface area contributed by atoms with Gasteiger partial charge in [0, 0.05) is 21.7 Å². The molecule has 0 saturated carbocycles. The molecule has 0 unspecified atom stereocenters. The highest BCUT2D eigenvalue weighted by Crippen LogP contribution is 2.40. The number of hydrogen-bond donors (Lipinski definition) is 1. The van der Waals surface area contributed by atoms with Crippen molar-refractivity contribution >= 4 is 54.0 Å². The summed E-state index contributed by atoms with van der Waals surface area (Å²) in [5, 5.41) is 21.3. The van der Waals surface area contributed by atoms with E-state index in [1.165, 1.54) is 38.1 Å². The van der Waals surface area contributed by atoms with Crippen molar-refractivity contribution < 1.29 is 5.11 Å². The van der Waals surface area contributed by atoms with Crippen LogP contribution < -0.4 is 0 Å². The molecule has 2 nitrogen and oxygen atoms in total. The molecule has 7 aromatic carbocycles. The summed E-state index contributed by atoms with van der Waals surface area (Å²) in [6.45, 7) is 0. The molecule has 0 aliphatic heterocycles. The number of rotatable bonds is 2. The zero-order valence-electron chi connectivity index (χ0n) is 21.1. The lowest BCUT2D eigenvalue weighted by Crippen LogP contribution is -1.92. The Hall–Kier alpha value is -5.21. The Morgan fingerprint density at radius 2 is 1.08 bits per heavy atom. The van der Waals surface area contributed by atoms with E-state index in [2.05, 4.69) is 121 Å². The molecule has 1 N–H and O–H groups in total. The number of benzene rings is 7. The maximum atomic E-state index is 10.8. The fraction of sp³-hybridized carbons (Fsp3) is 0. The van der Waals surface area contributed by atoms with E-state index < -0.39 is 0 Å². The van der Waals surface area contributed by atoms with Gasteiger partial charge in [-0.2, -0.15) is 0 Å². The van der Waals surface area contributed by atoms with Crippen LogP contribution in [-0.4, -0.2) is 10.1 Å². The lowest BCUT2D eigenvalue weighted by molar-refractivity contribution is 0.480. The molecule has 0 bridgehead atoms. The van der Waals surface area contributed by atoms with E-state index in [1.54, 1.807) is 6.07 Å². The van der Waals surface area contributed by atoms with E-state index >= 15 is 0 Å². The molecule has 1 heterocycles. The van der Waals surface area contributed by atoms with Crippen molar-refractivity contribution in [1.29, 1.82) is 0 Å². The summed E-state index contributed by atoms with van der Waals surface area (Å²) in [6, 6.07) is 46.6. The molecule has 0 spiro atoms. The lowest BCUT2D eigenvalue weighted by Gasteiger charge is -2.14. The molecule has 182 valence electrons. The molecule has 0 saturated heterocycles. The van der Waals surface area contributed by atoms with Crippen LogP contribution in [-0.2, 0) is 0 Å². The first-order valence-corrected chi connectivity index (χ1v) is 13.2. The molecular weight excluding hydrogens is 474 g/mol. The minimum Gasteiger partial charge on any atom is -0.506 e. The number of para-hydroxylation sites is 1. The summed E-state index contributed by atoms with van der Waals surface area (Å²) in [5.41, 5.74) is 4.91. The molecule has 0 aliphatic carbocycles. The normalized spacial score (nSPS) is 11.7. The van der Waals surface area contributed by atoms with Gasteiger partial charge in [-0.3, -0.25) is 0 Å². The average molecular weight is 498 g/mol. The van der Waals surface area contributed by atoms with E-state index in [0.29, 0.717) is 5.52 Å². The quantitative estimate of drug-likeness (QED) is 0.241. The van der Waals surface area contributed by atoms with Gasteiger partial charge in [0.05, 0.1) is 5.69 Å². The maximum absolute atomic E-state index is 10.8. The van der Waals surface area contributed by atoms with Crippen molar-refractivity contribution in [3.8, 4) is 28.1 Å². The average Bonchev–Trinajstić information content (AvgIpc) is 3.00. The van der Waals surface area contributed by atoms with E-state index in [0.717, 1.165) is 32.8 Å². The second-order valence-electron chi connectivity index (χ2n) is 10.1. The molecular formula is C37H23NO. The standard InChI is InChI=1S/C37H23NO/c39-34-15-7-14-31-35-28-11-4-1-8-23(28)20-21-32(35)36(38-37(31)34)25-18-16-24(17-19-25)33-22-26-9-2-3-10-27(26)29-12-5-6-13-30(29)33/h1-22,39H. The molecule has 0 aliphatic rings. The van der Waals surface area contributed by atoms with Crippen LogP contribution in [0.25, 0.3) is 76.4 Å². The first-order valence-electron chi connectivity index (χ1n) is 13.2. The van der Waals surface area contributed by atoms with Gasteiger partial charge >= 0.3 is 0 Å². The summed E-state index contributed by atoms with van der Waals surface area (Å²) in [7, 11) is 0. The minimum absolute atomic E-state index is 0.197. The van der Waals surface area contributed by atoms with Crippen LogP contribution in [0.2, 0.25) is 0 Å². The fourth-order valence-electron chi connectivity index (χ4n) is 6.10. The lowest BCUT2D eigenvalue weighted by atomic mass is 9.92. The zero-order chi connectivity index (χ0) is 25.9. The third kappa shape index (κ3) is 3.32. The number of hydrogen-bond acceptors (Lipinski definition) is 2. The number of aromatic nitrogens is 1. The summed E-state index contributed by atoms with van der Waals surface area (Å²) in [4.78, 5) is 5.02. The maximum Gasteiger partial charge on any atom is 0.141 e. The highest BCUT2D eigenvalue weighted by Gasteiger charge is 2.15. The first-order chi connectivity index (χ1) is 19.3. The molecule has 0 atom stereocenters. The molecule has 0 amide bonds. The topological polar surface area (TPSA) is 33.1 Å². The van der Waals surface area contributed by atoms with Crippen molar-refractivity contribution in [2.75, 3.05) is 0 Å². The Morgan fingerprint density at radius 3 is 1.90 bits per heavy atom. The van der Waals surface area contributed by atoms with Gasteiger partial charge in [-0.05, 0) is 55.6 Å². The van der Waals surface area contributed by atoms with Gasteiger partial charge in [0.25, 0.3) is 0 Å². The Morgan fingerprint density at radius 1 is 0.436 bits per heavy atom. The highest BCUT2D eigenvalue weighted by atomic mass is 16.3. The van der Waals surface area contributed by atoms with Gasteiger partial charge in [-0.1, -0.05) is 121 Å². The number of nitrogens with zero attached hydrogens (tertiary/aromatic N) is 1. The van der Waals surface area contributed by atoms with Crippen molar-refractivity contribution in [1.82, 2.24) is 4.98 Å². The molecule has 0 fully saturated rings. The van der Waals surface area contributed by atoms with E-state index in [9.17, 15) is 5.11 Å². The predicted octanol–water partition coefficient (Wildman–Crippen LogP) is 9.89. The Kier molecular flexibility index (Phi) is 4.71. The van der Waals surface area contributed by atoms with Crippen LogP contribution in [0.4, 0.5) is 0 Å². The van der Waals surface area contributed by atoms with Gasteiger partial charge in [0.2, 0.25) is 0 Å². The SMILES string of the molecule is Oc1cccc2c1nc(-c1ccc(-c3cc4ccccc4c4ccccc34)cc1)c1ccc3ccccc3c12. The Labute approximate surface area is 225 Å². The van der Waals surface area contributed by atoms with Crippen molar-refractivity contribution in [2.24, 2.45) is 0 Å². The molecule has 39 heavy (non-hydrogen) atoms. The smallest absolute Gasteiger partial charge is 0.141 e. The van der Waals surface area contributed by atoms with E-state index in [4.69, 9.17) is 4.98 Å². The summed E-state index contributed by atoms with van der Waals surface area (Å²) >= 11 is 0. The second-order valence-corrected chi connectivity index (χ2v) is 10.1. The van der Waals surface area contributed by atoms with Gasteiger partial charge in [-0.25, -0.2) is 4.98 Å². The number of phenolic OH excluding ortho intramolecular Hbond substituents is 1. The highest BCUT2D eigenvalue weighted by molar-refractivity contribution is 6.23. The second kappa shape index (κ2) is 8.41. The molecule has 0 radical (unpaired) electrons. The van der Waals surface area contributed by atoms with Crippen LogP contribution in [0, 0.1) is 0 Å². The number of aromatic hydroxyl groups is 1. The Bertz CT molecular complexity index is 2230. The molecule has 8 rings (SSSR count). The fourth-order valence-corrected chi connectivity index (χ4v) is 6.10. The van der Waals surface area contributed by atoms with Crippen molar-refractivity contribution in [2.45, 2.75) is 0 Å². The first kappa shape index (κ1) is 21.8. The summed E-state index contributed by atoms with van der Waals surface area (Å²) < 4.78 is 0. The van der Waals surface area contributed by atoms with E-state index in [1.807, 2.05) is 6.07 Å². The zero-order valence-corrected chi connectivity index (χ0v) is 21.1. The van der Waals surface area contributed by atoms with E-state index in [-0.39, 0.29) is 5.75 Å². The third-order valence-corrected chi connectivity index (χ3v) is 7.93. The Balaban J connectivity index is 1.37. The van der Waals surface area contributed by atoms with Gasteiger partial charge in [0.1, 0.15) is 11.3 Å². The largest absolute Gasteiger partial charge is 0.506 e. The number of fused-ring (bicyclic) bond motifs is 8. The summed E-state index contributed by atoms with van der Waals surface area (Å²) in [6.07, 6.45) is 0.